The minimum Gasteiger partial charge on any atom is -0.390 e. The Bertz CT molecular complexity index is 1330. The van der Waals surface area contributed by atoms with Crippen LogP contribution in [0.2, 0.25) is 0 Å². The van der Waals surface area contributed by atoms with Crippen molar-refractivity contribution in [3.63, 3.8) is 0 Å². The van der Waals surface area contributed by atoms with E-state index in [0.717, 1.165) is 34.5 Å². The van der Waals surface area contributed by atoms with E-state index in [9.17, 15) is 14.7 Å². The zero-order valence-corrected chi connectivity index (χ0v) is 24.7. The summed E-state index contributed by atoms with van der Waals surface area (Å²) in [6.45, 7) is 7.87. The molecule has 0 radical (unpaired) electrons. The van der Waals surface area contributed by atoms with Gasteiger partial charge in [0.15, 0.2) is 5.82 Å². The van der Waals surface area contributed by atoms with Crippen molar-refractivity contribution in [3.05, 3.63) is 66.2 Å². The molecule has 0 atom stereocenters. The normalized spacial score (nSPS) is 22.1. The monoisotopic (exact) mass is 557 g/mol. The fourth-order valence-electron chi connectivity index (χ4n) is 6.29. The lowest BCUT2D eigenvalue weighted by molar-refractivity contribution is -0.131. The lowest BCUT2D eigenvalue weighted by atomic mass is 9.63. The molecule has 2 aliphatic carbocycles. The van der Waals surface area contributed by atoms with Crippen molar-refractivity contribution in [3.8, 4) is 22.4 Å². The van der Waals surface area contributed by atoms with Crippen LogP contribution in [0.25, 0.3) is 22.4 Å². The van der Waals surface area contributed by atoms with Crippen molar-refractivity contribution in [1.29, 1.82) is 0 Å². The maximum Gasteiger partial charge on any atom is 0.222 e. The summed E-state index contributed by atoms with van der Waals surface area (Å²) >= 11 is 0. The number of benzene rings is 2. The smallest absolute Gasteiger partial charge is 0.222 e. The number of nitrogens with one attached hydrogen (secondary N) is 1. The molecule has 2 saturated carbocycles. The van der Waals surface area contributed by atoms with Crippen molar-refractivity contribution in [2.24, 2.45) is 5.73 Å². The summed E-state index contributed by atoms with van der Waals surface area (Å²) in [5, 5.41) is 21.3. The zero-order valence-electron chi connectivity index (χ0n) is 24.7. The highest BCUT2D eigenvalue weighted by Crippen LogP contribution is 2.46. The maximum atomic E-state index is 11.4. The number of nitrogens with two attached hydrogens (primary N) is 1. The Labute approximate surface area is 243 Å². The van der Waals surface area contributed by atoms with E-state index in [1.165, 1.54) is 39.0 Å². The molecule has 41 heavy (non-hydrogen) atoms. The van der Waals surface area contributed by atoms with Gasteiger partial charge in [0.25, 0.3) is 0 Å². The Kier molecular flexibility index (Phi) is 9.56. The molecule has 2 fully saturated rings. The van der Waals surface area contributed by atoms with Crippen molar-refractivity contribution < 1.29 is 14.7 Å². The Balaban J connectivity index is 0.000000271. The van der Waals surface area contributed by atoms with Crippen LogP contribution in [0.5, 0.6) is 0 Å². The highest BCUT2D eigenvalue weighted by Gasteiger charge is 2.49. The molecule has 0 aliphatic heterocycles. The summed E-state index contributed by atoms with van der Waals surface area (Å²) < 4.78 is 0. The fourth-order valence-corrected chi connectivity index (χ4v) is 6.29. The lowest BCUT2D eigenvalue weighted by Crippen LogP contribution is -2.58. The minimum absolute atomic E-state index is 0.194. The number of anilines is 1. The van der Waals surface area contributed by atoms with Gasteiger partial charge in [-0.05, 0) is 56.7 Å². The molecule has 0 saturated heterocycles. The van der Waals surface area contributed by atoms with Crippen LogP contribution >= 0.6 is 0 Å². The van der Waals surface area contributed by atoms with E-state index in [2.05, 4.69) is 22.4 Å². The van der Waals surface area contributed by atoms with Crippen LogP contribution in [0.1, 0.15) is 78.2 Å². The van der Waals surface area contributed by atoms with Crippen molar-refractivity contribution in [2.45, 2.75) is 89.8 Å². The van der Waals surface area contributed by atoms with Crippen LogP contribution in [-0.2, 0) is 15.1 Å². The predicted octanol–water partition coefficient (Wildman–Crippen LogP) is 5.66. The molecule has 3 aromatic rings. The first kappa shape index (κ1) is 30.3. The molecule has 0 bridgehead atoms. The highest BCUT2D eigenvalue weighted by molar-refractivity contribution is 5.90. The molecule has 2 amide bonds. The number of nitrogens with zero attached hydrogens (tertiary/aromatic N) is 3. The second kappa shape index (κ2) is 12.9. The Morgan fingerprint density at radius 2 is 1.61 bits per heavy atom. The molecule has 2 aliphatic rings. The van der Waals surface area contributed by atoms with Crippen molar-refractivity contribution in [2.75, 3.05) is 11.9 Å². The van der Waals surface area contributed by atoms with Gasteiger partial charge in [0.05, 0.1) is 5.60 Å². The second-order valence-electron chi connectivity index (χ2n) is 11.7. The molecule has 218 valence electrons. The third kappa shape index (κ3) is 7.57. The summed E-state index contributed by atoms with van der Waals surface area (Å²) in [5.41, 5.74) is 9.75. The van der Waals surface area contributed by atoms with E-state index in [1.54, 1.807) is 6.92 Å². The standard InChI is InChI=1S/C23H24N4O2.C10H19NO/c1-15(28)25-20-12-19(16-6-4-3-5-7-16)21(27-26-20)17-8-10-18(11-9-17)23(24)13-22(2,29)14-23;1-3-11(9(2)12)10-7-5-4-6-8-10/h3-12,29H,13-14,24H2,1-2H3,(H,25,26,28);10H,3-8H2,1-2H3. The van der Waals surface area contributed by atoms with Gasteiger partial charge in [-0.25, -0.2) is 0 Å². The summed E-state index contributed by atoms with van der Waals surface area (Å²) in [4.78, 5) is 24.6. The molecule has 4 N–H and O–H groups in total. The van der Waals surface area contributed by atoms with Crippen LogP contribution in [0.15, 0.2) is 60.7 Å². The van der Waals surface area contributed by atoms with Gasteiger partial charge in [-0.3, -0.25) is 9.59 Å². The van der Waals surface area contributed by atoms with Crippen LogP contribution in [0.3, 0.4) is 0 Å². The molecule has 8 nitrogen and oxygen atoms in total. The number of carbonyl (C=O) groups is 2. The number of hydrogen-bond donors (Lipinski definition) is 3. The van der Waals surface area contributed by atoms with Crippen LogP contribution in [0.4, 0.5) is 5.82 Å². The largest absolute Gasteiger partial charge is 0.390 e. The average Bonchev–Trinajstić information content (AvgIpc) is 2.93. The predicted molar refractivity (Wildman–Crippen MR) is 163 cm³/mol. The second-order valence-corrected chi connectivity index (χ2v) is 11.7. The van der Waals surface area contributed by atoms with E-state index >= 15 is 0 Å². The number of amides is 2. The Hall–Kier alpha value is -3.62. The van der Waals surface area contributed by atoms with E-state index in [4.69, 9.17) is 5.73 Å². The topological polar surface area (TPSA) is 121 Å². The SMILES string of the molecule is CC(=O)Nc1cc(-c2ccccc2)c(-c2ccc(C3(N)CC(C)(O)C3)cc2)nn1.CCN(C(C)=O)C1CCCCC1. The zero-order chi connectivity index (χ0) is 29.6. The first-order chi connectivity index (χ1) is 19.5. The molecule has 0 unspecified atom stereocenters. The number of hydrogen-bond acceptors (Lipinski definition) is 6. The Morgan fingerprint density at radius 1 is 0.976 bits per heavy atom. The maximum absolute atomic E-state index is 11.4. The summed E-state index contributed by atoms with van der Waals surface area (Å²) in [5.74, 6) is 0.457. The molecule has 0 spiro atoms. The molecule has 1 aromatic heterocycles. The molecule has 2 aromatic carbocycles. The number of carbonyl (C=O) groups excluding carboxylic acids is 2. The van der Waals surface area contributed by atoms with Crippen LogP contribution in [0, 0.1) is 0 Å². The number of aromatic nitrogens is 2. The summed E-state index contributed by atoms with van der Waals surface area (Å²) in [6.07, 6.45) is 7.47. The van der Waals surface area contributed by atoms with Gasteiger partial charge >= 0.3 is 0 Å². The minimum atomic E-state index is -0.696. The van der Waals surface area contributed by atoms with E-state index in [1.807, 2.05) is 72.5 Å². The molecule has 1 heterocycles. The van der Waals surface area contributed by atoms with Gasteiger partial charge in [-0.15, -0.1) is 10.2 Å². The van der Waals surface area contributed by atoms with Gasteiger partial charge in [-0.1, -0.05) is 73.9 Å². The lowest BCUT2D eigenvalue weighted by Gasteiger charge is -2.49. The average molecular weight is 558 g/mol. The van der Waals surface area contributed by atoms with Gasteiger partial charge in [-0.2, -0.15) is 0 Å². The number of rotatable bonds is 6. The fraction of sp³-hybridized carbons (Fsp3) is 0.455. The van der Waals surface area contributed by atoms with Crippen LogP contribution in [-0.4, -0.2) is 50.2 Å². The Morgan fingerprint density at radius 3 is 2.15 bits per heavy atom. The third-order valence-electron chi connectivity index (χ3n) is 8.07. The third-order valence-corrected chi connectivity index (χ3v) is 8.07. The van der Waals surface area contributed by atoms with E-state index in [-0.39, 0.29) is 11.8 Å². The first-order valence-corrected chi connectivity index (χ1v) is 14.6. The summed E-state index contributed by atoms with van der Waals surface area (Å²) in [7, 11) is 0. The van der Waals surface area contributed by atoms with Gasteiger partial charge in [0.2, 0.25) is 11.8 Å². The van der Waals surface area contributed by atoms with Gasteiger partial charge in [0, 0.05) is 43.1 Å². The van der Waals surface area contributed by atoms with Crippen molar-refractivity contribution in [1.82, 2.24) is 15.1 Å². The molecular formula is C33H43N5O3. The van der Waals surface area contributed by atoms with Crippen molar-refractivity contribution >= 4 is 17.6 Å². The highest BCUT2D eigenvalue weighted by atomic mass is 16.3. The quantitative estimate of drug-likeness (QED) is 0.360. The first-order valence-electron chi connectivity index (χ1n) is 14.6. The van der Waals surface area contributed by atoms with E-state index < -0.39 is 11.1 Å². The van der Waals surface area contributed by atoms with Gasteiger partial charge < -0.3 is 21.1 Å². The van der Waals surface area contributed by atoms with Crippen LogP contribution < -0.4 is 11.1 Å². The number of aliphatic hydroxyl groups is 1. The molecule has 5 rings (SSSR count). The molecule has 8 heteroatoms. The van der Waals surface area contributed by atoms with Gasteiger partial charge in [0.1, 0.15) is 5.69 Å². The van der Waals surface area contributed by atoms with E-state index in [0.29, 0.717) is 24.7 Å². The summed E-state index contributed by atoms with van der Waals surface area (Å²) in [6, 6.07) is 20.2. The molecular weight excluding hydrogens is 514 g/mol.